The zero-order valence-electron chi connectivity index (χ0n) is 11.8. The largest absolute Gasteiger partial charge is 0.417 e. The summed E-state index contributed by atoms with van der Waals surface area (Å²) in [5.74, 6) is -0.0689. The van der Waals surface area contributed by atoms with Crippen LogP contribution in [-0.4, -0.2) is 24.5 Å². The highest BCUT2D eigenvalue weighted by Crippen LogP contribution is 2.33. The number of nitrogens with one attached hydrogen (secondary N) is 1. The topological polar surface area (TPSA) is 38.3 Å². The summed E-state index contributed by atoms with van der Waals surface area (Å²) in [7, 11) is 0. The van der Waals surface area contributed by atoms with Gasteiger partial charge in [0.25, 0.3) is 0 Å². The van der Waals surface area contributed by atoms with E-state index in [-0.39, 0.29) is 5.75 Å². The normalized spacial score (nSPS) is 12.5. The standard InChI is InChI=1S/C13H13F6NO2/c1-6-4-5-7(2)9(8(6)3)22-11(21)20-10(12(14,15)16)13(17,18)19/h4-5,10H,1-3H3,(H,20,21). The lowest BCUT2D eigenvalue weighted by Gasteiger charge is -2.23. The van der Waals surface area contributed by atoms with Gasteiger partial charge in [0.05, 0.1) is 0 Å². The lowest BCUT2D eigenvalue weighted by molar-refractivity contribution is -0.255. The molecule has 1 amide bonds. The molecule has 0 heterocycles. The van der Waals surface area contributed by atoms with E-state index in [4.69, 9.17) is 0 Å². The van der Waals surface area contributed by atoms with Gasteiger partial charge in [-0.3, -0.25) is 0 Å². The van der Waals surface area contributed by atoms with Crippen molar-refractivity contribution in [3.8, 4) is 5.75 Å². The van der Waals surface area contributed by atoms with Crippen molar-refractivity contribution < 1.29 is 35.9 Å². The van der Waals surface area contributed by atoms with Crippen LogP contribution in [0.4, 0.5) is 31.1 Å². The van der Waals surface area contributed by atoms with E-state index in [1.54, 1.807) is 13.0 Å². The van der Waals surface area contributed by atoms with Crippen LogP contribution in [0.25, 0.3) is 0 Å². The van der Waals surface area contributed by atoms with Gasteiger partial charge in [0.1, 0.15) is 5.75 Å². The third-order valence-electron chi connectivity index (χ3n) is 2.99. The fraction of sp³-hybridized carbons (Fsp3) is 0.462. The first-order valence-electron chi connectivity index (χ1n) is 6.02. The molecule has 0 aliphatic rings. The van der Waals surface area contributed by atoms with Crippen LogP contribution in [0.15, 0.2) is 12.1 Å². The van der Waals surface area contributed by atoms with E-state index in [1.165, 1.54) is 19.9 Å². The van der Waals surface area contributed by atoms with Crippen LogP contribution in [0.5, 0.6) is 5.75 Å². The lowest BCUT2D eigenvalue weighted by atomic mass is 10.1. The number of amides is 1. The van der Waals surface area contributed by atoms with Gasteiger partial charge in [-0.1, -0.05) is 12.1 Å². The average molecular weight is 329 g/mol. The second-order valence-corrected chi connectivity index (χ2v) is 4.70. The Bertz CT molecular complexity index is 551. The highest BCUT2D eigenvalue weighted by atomic mass is 19.4. The quantitative estimate of drug-likeness (QED) is 0.826. The van der Waals surface area contributed by atoms with Gasteiger partial charge >= 0.3 is 18.4 Å². The van der Waals surface area contributed by atoms with Crippen LogP contribution in [0.2, 0.25) is 0 Å². The van der Waals surface area contributed by atoms with Crippen molar-refractivity contribution in [1.82, 2.24) is 5.32 Å². The minimum Gasteiger partial charge on any atom is -0.410 e. The van der Waals surface area contributed by atoms with E-state index in [1.807, 2.05) is 0 Å². The van der Waals surface area contributed by atoms with E-state index in [0.717, 1.165) is 5.32 Å². The van der Waals surface area contributed by atoms with Crippen molar-refractivity contribution in [2.45, 2.75) is 39.2 Å². The number of alkyl halides is 6. The Morgan fingerprint density at radius 1 is 1.00 bits per heavy atom. The number of carbonyl (C=O) groups is 1. The molecule has 9 heteroatoms. The van der Waals surface area contributed by atoms with Crippen molar-refractivity contribution in [1.29, 1.82) is 0 Å². The molecule has 0 aromatic heterocycles. The van der Waals surface area contributed by atoms with E-state index >= 15 is 0 Å². The van der Waals surface area contributed by atoms with Gasteiger partial charge in [0, 0.05) is 0 Å². The van der Waals surface area contributed by atoms with Crippen LogP contribution in [0, 0.1) is 20.8 Å². The van der Waals surface area contributed by atoms with E-state index < -0.39 is 24.5 Å². The number of carbonyl (C=O) groups excluding carboxylic acids is 1. The summed E-state index contributed by atoms with van der Waals surface area (Å²) in [5, 5.41) is 0.808. The Morgan fingerprint density at radius 2 is 1.45 bits per heavy atom. The van der Waals surface area contributed by atoms with Gasteiger partial charge in [-0.05, 0) is 37.5 Å². The minimum absolute atomic E-state index is 0.0689. The molecular formula is C13H13F6NO2. The summed E-state index contributed by atoms with van der Waals surface area (Å²) in [4.78, 5) is 11.4. The number of aryl methyl sites for hydroxylation is 2. The molecule has 0 radical (unpaired) electrons. The summed E-state index contributed by atoms with van der Waals surface area (Å²) in [6.45, 7) is 4.71. The van der Waals surface area contributed by atoms with Gasteiger partial charge < -0.3 is 10.1 Å². The Labute approximate surface area is 122 Å². The average Bonchev–Trinajstić information content (AvgIpc) is 2.34. The lowest BCUT2D eigenvalue weighted by Crippen LogP contribution is -2.55. The number of halogens is 6. The van der Waals surface area contributed by atoms with Crippen LogP contribution in [0.3, 0.4) is 0 Å². The predicted molar refractivity (Wildman–Crippen MR) is 65.7 cm³/mol. The number of hydrogen-bond donors (Lipinski definition) is 1. The maximum absolute atomic E-state index is 12.3. The zero-order chi connectivity index (χ0) is 17.3. The van der Waals surface area contributed by atoms with Crippen LogP contribution in [0.1, 0.15) is 16.7 Å². The molecule has 0 saturated heterocycles. The van der Waals surface area contributed by atoms with E-state index in [9.17, 15) is 31.1 Å². The van der Waals surface area contributed by atoms with Crippen LogP contribution >= 0.6 is 0 Å². The molecule has 3 nitrogen and oxygen atoms in total. The molecule has 1 rings (SSSR count). The zero-order valence-corrected chi connectivity index (χ0v) is 11.8. The molecule has 22 heavy (non-hydrogen) atoms. The van der Waals surface area contributed by atoms with Gasteiger partial charge in [-0.15, -0.1) is 0 Å². The predicted octanol–water partition coefficient (Wildman–Crippen LogP) is 4.19. The van der Waals surface area contributed by atoms with Gasteiger partial charge in [0.2, 0.25) is 6.04 Å². The molecule has 1 aromatic carbocycles. The van der Waals surface area contributed by atoms with Crippen molar-refractivity contribution in [2.75, 3.05) is 0 Å². The molecule has 0 saturated carbocycles. The number of rotatable bonds is 2. The Hall–Kier alpha value is -1.93. The number of benzene rings is 1. The smallest absolute Gasteiger partial charge is 0.410 e. The third-order valence-corrected chi connectivity index (χ3v) is 2.99. The molecule has 0 aliphatic heterocycles. The number of hydrogen-bond acceptors (Lipinski definition) is 2. The van der Waals surface area contributed by atoms with Crippen LogP contribution in [-0.2, 0) is 0 Å². The second-order valence-electron chi connectivity index (χ2n) is 4.70. The van der Waals surface area contributed by atoms with Crippen molar-refractivity contribution in [2.24, 2.45) is 0 Å². The van der Waals surface area contributed by atoms with Gasteiger partial charge in [-0.2, -0.15) is 26.3 Å². The molecule has 0 atom stereocenters. The van der Waals surface area contributed by atoms with E-state index in [0.29, 0.717) is 16.7 Å². The van der Waals surface area contributed by atoms with Crippen LogP contribution < -0.4 is 10.1 Å². The Morgan fingerprint density at radius 3 is 1.91 bits per heavy atom. The van der Waals surface area contributed by atoms with Gasteiger partial charge in [0.15, 0.2) is 0 Å². The highest BCUT2D eigenvalue weighted by molar-refractivity contribution is 5.72. The SMILES string of the molecule is Cc1ccc(C)c(OC(=O)NC(C(F)(F)F)C(F)(F)F)c1C. The summed E-state index contributed by atoms with van der Waals surface area (Å²) < 4.78 is 78.7. The first kappa shape index (κ1) is 18.1. The summed E-state index contributed by atoms with van der Waals surface area (Å²) >= 11 is 0. The molecule has 0 bridgehead atoms. The van der Waals surface area contributed by atoms with E-state index in [2.05, 4.69) is 4.74 Å². The maximum atomic E-state index is 12.3. The fourth-order valence-electron chi connectivity index (χ4n) is 1.67. The summed E-state index contributed by atoms with van der Waals surface area (Å²) in [5.41, 5.74) is 1.54. The third kappa shape index (κ3) is 4.28. The summed E-state index contributed by atoms with van der Waals surface area (Å²) in [6.07, 6.45) is -13.2. The molecule has 124 valence electrons. The van der Waals surface area contributed by atoms with Gasteiger partial charge in [-0.25, -0.2) is 4.79 Å². The summed E-state index contributed by atoms with van der Waals surface area (Å²) in [6, 6.07) is -0.766. The molecular weight excluding hydrogens is 316 g/mol. The Balaban J connectivity index is 2.97. The molecule has 0 fully saturated rings. The molecule has 0 unspecified atom stereocenters. The minimum atomic E-state index is -5.67. The molecule has 1 aromatic rings. The fourth-order valence-corrected chi connectivity index (χ4v) is 1.67. The monoisotopic (exact) mass is 329 g/mol. The van der Waals surface area contributed by atoms with Crippen molar-refractivity contribution in [3.63, 3.8) is 0 Å². The number of ether oxygens (including phenoxy) is 1. The van der Waals surface area contributed by atoms with Crippen molar-refractivity contribution in [3.05, 3.63) is 28.8 Å². The Kier molecular flexibility index (Phi) is 4.99. The maximum Gasteiger partial charge on any atom is 0.417 e. The first-order valence-corrected chi connectivity index (χ1v) is 6.02. The van der Waals surface area contributed by atoms with Crippen molar-refractivity contribution >= 4 is 6.09 Å². The molecule has 0 aliphatic carbocycles. The molecule has 1 N–H and O–H groups in total. The molecule has 0 spiro atoms. The first-order chi connectivity index (χ1) is 9.84. The highest BCUT2D eigenvalue weighted by Gasteiger charge is 2.57. The second kappa shape index (κ2) is 6.05.